The van der Waals surface area contributed by atoms with Gasteiger partial charge < -0.3 is 0 Å². The molecule has 0 spiro atoms. The molecule has 2 saturated carbocycles. The maximum atomic E-state index is 8.49. The Bertz CT molecular complexity index is 418. The topological polar surface area (TPSA) is 77.4 Å². The van der Waals surface area contributed by atoms with Crippen molar-refractivity contribution in [3.63, 3.8) is 0 Å². The number of hydrogen-bond acceptors (Lipinski definition) is 2. The van der Waals surface area contributed by atoms with Crippen LogP contribution in [-0.2, 0) is 6.54 Å². The molecule has 0 radical (unpaired) electrons. The van der Waals surface area contributed by atoms with Gasteiger partial charge in [0.2, 0.25) is 0 Å². The Morgan fingerprint density at radius 2 is 1.94 bits per heavy atom. The lowest BCUT2D eigenvalue weighted by atomic mass is 9.78. The lowest BCUT2D eigenvalue weighted by molar-refractivity contribution is 0.405. The molecule has 2 aliphatic rings. The molecule has 17 heavy (non-hydrogen) atoms. The third kappa shape index (κ3) is 1.80. The molecule has 0 atom stereocenters. The normalized spacial score (nSPS) is 20.5. The van der Waals surface area contributed by atoms with Gasteiger partial charge in [-0.3, -0.25) is 5.10 Å². The highest BCUT2D eigenvalue weighted by molar-refractivity contribution is 5.32. The molecule has 3 rings (SSSR count). The molecule has 0 unspecified atom stereocenters. The molecule has 5 heteroatoms. The Kier molecular flexibility index (Phi) is 2.77. The van der Waals surface area contributed by atoms with Crippen LogP contribution in [0.3, 0.4) is 0 Å². The van der Waals surface area contributed by atoms with Gasteiger partial charge in [-0.05, 0) is 31.2 Å². The molecule has 2 aliphatic carbocycles. The fraction of sp³-hybridized carbons (Fsp3) is 0.750. The highest BCUT2D eigenvalue weighted by Gasteiger charge is 2.30. The molecule has 0 saturated heterocycles. The Balaban J connectivity index is 1.90. The highest BCUT2D eigenvalue weighted by Crippen LogP contribution is 2.42. The average molecular weight is 231 g/mol. The van der Waals surface area contributed by atoms with Crippen LogP contribution in [-0.4, -0.2) is 10.2 Å². The van der Waals surface area contributed by atoms with Crippen LogP contribution in [0.15, 0.2) is 5.11 Å². The van der Waals surface area contributed by atoms with Gasteiger partial charge in [0.1, 0.15) is 0 Å². The monoisotopic (exact) mass is 231 g/mol. The zero-order valence-corrected chi connectivity index (χ0v) is 9.89. The van der Waals surface area contributed by atoms with Crippen LogP contribution in [0.5, 0.6) is 0 Å². The highest BCUT2D eigenvalue weighted by atomic mass is 15.2. The van der Waals surface area contributed by atoms with E-state index in [0.717, 1.165) is 0 Å². The minimum Gasteiger partial charge on any atom is -0.282 e. The maximum Gasteiger partial charge on any atom is 0.0689 e. The predicted octanol–water partition coefficient (Wildman–Crippen LogP) is 3.76. The van der Waals surface area contributed by atoms with Crippen molar-refractivity contribution < 1.29 is 0 Å². The van der Waals surface area contributed by atoms with Crippen molar-refractivity contribution in [1.82, 2.24) is 10.2 Å². The van der Waals surface area contributed by atoms with E-state index in [4.69, 9.17) is 5.53 Å². The second-order valence-corrected chi connectivity index (χ2v) is 5.15. The number of nitrogens with zero attached hydrogens (tertiary/aromatic N) is 4. The van der Waals surface area contributed by atoms with E-state index in [1.807, 2.05) is 0 Å². The molecule has 0 aliphatic heterocycles. The van der Waals surface area contributed by atoms with Gasteiger partial charge in [0.25, 0.3) is 0 Å². The summed E-state index contributed by atoms with van der Waals surface area (Å²) >= 11 is 0. The van der Waals surface area contributed by atoms with Gasteiger partial charge in [0.15, 0.2) is 0 Å². The number of H-pyrrole nitrogens is 1. The summed E-state index contributed by atoms with van der Waals surface area (Å²) in [6, 6.07) is 0. The third-order valence-electron chi connectivity index (χ3n) is 4.23. The first kappa shape index (κ1) is 10.7. The minimum absolute atomic E-state index is 0.463. The predicted molar refractivity (Wildman–Crippen MR) is 64.6 cm³/mol. The van der Waals surface area contributed by atoms with Crippen molar-refractivity contribution in [2.24, 2.45) is 5.11 Å². The second kappa shape index (κ2) is 4.41. The van der Waals surface area contributed by atoms with Crippen LogP contribution in [0.4, 0.5) is 0 Å². The summed E-state index contributed by atoms with van der Waals surface area (Å²) in [5, 5.41) is 11.4. The zero-order chi connectivity index (χ0) is 11.7. The first-order chi connectivity index (χ1) is 8.40. The molecule has 5 nitrogen and oxygen atoms in total. The van der Waals surface area contributed by atoms with Crippen LogP contribution < -0.4 is 0 Å². The Labute approximate surface area is 100 Å². The summed E-state index contributed by atoms with van der Waals surface area (Å²) < 4.78 is 0. The number of hydrogen-bond donors (Lipinski definition) is 1. The number of aromatic nitrogens is 2. The second-order valence-electron chi connectivity index (χ2n) is 5.15. The quantitative estimate of drug-likeness (QED) is 0.478. The summed E-state index contributed by atoms with van der Waals surface area (Å²) in [4.78, 5) is 2.88. The van der Waals surface area contributed by atoms with E-state index < -0.39 is 0 Å². The SMILES string of the molecule is [N-]=[N+]=NCc1c(C2CCC2)n[nH]c1C1CCC1. The van der Waals surface area contributed by atoms with Crippen molar-refractivity contribution in [2.75, 3.05) is 0 Å². The molecular weight excluding hydrogens is 214 g/mol. The number of rotatable bonds is 4. The summed E-state index contributed by atoms with van der Waals surface area (Å²) in [7, 11) is 0. The van der Waals surface area contributed by atoms with Gasteiger partial charge in [-0.2, -0.15) is 5.10 Å². The Morgan fingerprint density at radius 3 is 2.47 bits per heavy atom. The van der Waals surface area contributed by atoms with Crippen molar-refractivity contribution >= 4 is 0 Å². The van der Waals surface area contributed by atoms with Crippen LogP contribution in [0.25, 0.3) is 10.4 Å². The third-order valence-corrected chi connectivity index (χ3v) is 4.23. The molecule has 90 valence electrons. The van der Waals surface area contributed by atoms with Gasteiger partial charge in [0, 0.05) is 28.0 Å². The van der Waals surface area contributed by atoms with Crippen molar-refractivity contribution in [1.29, 1.82) is 0 Å². The minimum atomic E-state index is 0.463. The molecule has 1 aromatic heterocycles. The molecule has 0 aromatic carbocycles. The number of azide groups is 1. The molecule has 0 bridgehead atoms. The van der Waals surface area contributed by atoms with Crippen molar-refractivity contribution in [3.8, 4) is 0 Å². The van der Waals surface area contributed by atoms with E-state index >= 15 is 0 Å². The summed E-state index contributed by atoms with van der Waals surface area (Å²) in [6.45, 7) is 0.463. The number of nitrogens with one attached hydrogen (secondary N) is 1. The average Bonchev–Trinajstić information content (AvgIpc) is 2.54. The van der Waals surface area contributed by atoms with Gasteiger partial charge in [-0.1, -0.05) is 18.0 Å². The summed E-state index contributed by atoms with van der Waals surface area (Å²) in [6.07, 6.45) is 7.57. The molecular formula is C12H17N5. The Hall–Kier alpha value is -1.48. The van der Waals surface area contributed by atoms with Gasteiger partial charge >= 0.3 is 0 Å². The molecule has 0 amide bonds. The van der Waals surface area contributed by atoms with Crippen LogP contribution in [0, 0.1) is 0 Å². The van der Waals surface area contributed by atoms with Gasteiger partial charge in [-0.15, -0.1) is 0 Å². The largest absolute Gasteiger partial charge is 0.282 e. The maximum absolute atomic E-state index is 8.49. The van der Waals surface area contributed by atoms with E-state index in [1.165, 1.54) is 55.5 Å². The molecule has 1 aromatic rings. The lowest BCUT2D eigenvalue weighted by Crippen LogP contribution is -2.13. The van der Waals surface area contributed by atoms with E-state index in [1.54, 1.807) is 0 Å². The molecule has 2 fully saturated rings. The molecule has 1 heterocycles. The van der Waals surface area contributed by atoms with Gasteiger partial charge in [-0.25, -0.2) is 0 Å². The van der Waals surface area contributed by atoms with Crippen LogP contribution in [0.1, 0.15) is 67.3 Å². The smallest absolute Gasteiger partial charge is 0.0689 e. The molecule has 1 N–H and O–H groups in total. The first-order valence-electron chi connectivity index (χ1n) is 6.48. The Morgan fingerprint density at radius 1 is 1.24 bits per heavy atom. The van der Waals surface area contributed by atoms with E-state index in [-0.39, 0.29) is 0 Å². The number of aromatic amines is 1. The zero-order valence-electron chi connectivity index (χ0n) is 9.89. The standard InChI is InChI=1S/C12H17N5/c13-17-14-7-10-11(8-3-1-4-8)15-16-12(10)9-5-2-6-9/h8-9H,1-7H2,(H,15,16). The first-order valence-corrected chi connectivity index (χ1v) is 6.48. The fourth-order valence-electron chi connectivity index (χ4n) is 2.72. The summed E-state index contributed by atoms with van der Waals surface area (Å²) in [5.74, 6) is 1.23. The van der Waals surface area contributed by atoms with Crippen molar-refractivity contribution in [3.05, 3.63) is 27.4 Å². The van der Waals surface area contributed by atoms with E-state index in [9.17, 15) is 0 Å². The van der Waals surface area contributed by atoms with E-state index in [0.29, 0.717) is 18.4 Å². The lowest BCUT2D eigenvalue weighted by Gasteiger charge is -2.27. The van der Waals surface area contributed by atoms with Gasteiger partial charge in [0.05, 0.1) is 12.2 Å². The van der Waals surface area contributed by atoms with Crippen molar-refractivity contribution in [2.45, 2.75) is 56.9 Å². The van der Waals surface area contributed by atoms with Crippen LogP contribution >= 0.6 is 0 Å². The summed E-state index contributed by atoms with van der Waals surface area (Å²) in [5.41, 5.74) is 12.1. The van der Waals surface area contributed by atoms with E-state index in [2.05, 4.69) is 20.2 Å². The van der Waals surface area contributed by atoms with Crippen LogP contribution in [0.2, 0.25) is 0 Å². The fourth-order valence-corrected chi connectivity index (χ4v) is 2.72.